The Balaban J connectivity index is 1.68. The van der Waals surface area contributed by atoms with Crippen molar-refractivity contribution < 1.29 is 14.6 Å². The first-order valence-electron chi connectivity index (χ1n) is 7.38. The van der Waals surface area contributed by atoms with Gasteiger partial charge in [-0.3, -0.25) is 9.69 Å². The molecule has 0 saturated carbocycles. The first-order chi connectivity index (χ1) is 10.1. The summed E-state index contributed by atoms with van der Waals surface area (Å²) in [6, 6.07) is 5.43. The smallest absolute Gasteiger partial charge is 0.272 e. The Morgan fingerprint density at radius 1 is 1.33 bits per heavy atom. The van der Waals surface area contributed by atoms with Crippen LogP contribution in [0.25, 0.3) is 0 Å². The molecule has 6 heteroatoms. The van der Waals surface area contributed by atoms with E-state index in [0.29, 0.717) is 32.0 Å². The molecule has 3 rings (SSSR count). The average Bonchev–Trinajstić information content (AvgIpc) is 2.89. The highest BCUT2D eigenvalue weighted by atomic mass is 16.5. The van der Waals surface area contributed by atoms with Gasteiger partial charge in [0.05, 0.1) is 25.4 Å². The number of carbonyl (C=O) groups is 1. The molecule has 2 aliphatic heterocycles. The number of hydrogen-bond acceptors (Lipinski definition) is 5. The second-order valence-electron chi connectivity index (χ2n) is 5.66. The SMILES string of the molecule is Cc1cccc(C(=O)N2C[C@@H](O)[C@H](N3CCOCC3)C2)n1. The number of aliphatic hydroxyl groups is 1. The van der Waals surface area contributed by atoms with E-state index >= 15 is 0 Å². The molecule has 2 atom stereocenters. The molecule has 1 aromatic rings. The summed E-state index contributed by atoms with van der Waals surface area (Å²) in [7, 11) is 0. The maximum absolute atomic E-state index is 12.5. The number of pyridine rings is 1. The number of rotatable bonds is 2. The normalized spacial score (nSPS) is 27.0. The molecule has 1 aromatic heterocycles. The van der Waals surface area contributed by atoms with E-state index in [1.165, 1.54) is 0 Å². The quantitative estimate of drug-likeness (QED) is 0.825. The molecule has 0 unspecified atom stereocenters. The van der Waals surface area contributed by atoms with Crippen LogP contribution in [0.1, 0.15) is 16.2 Å². The summed E-state index contributed by atoms with van der Waals surface area (Å²) in [5.41, 5.74) is 1.27. The molecule has 1 amide bonds. The molecular formula is C15H21N3O3. The van der Waals surface area contributed by atoms with Crippen molar-refractivity contribution in [3.63, 3.8) is 0 Å². The van der Waals surface area contributed by atoms with Crippen LogP contribution in [0.5, 0.6) is 0 Å². The molecule has 21 heavy (non-hydrogen) atoms. The molecule has 0 spiro atoms. The molecule has 0 aliphatic carbocycles. The van der Waals surface area contributed by atoms with E-state index in [1.54, 1.807) is 11.0 Å². The fraction of sp³-hybridized carbons (Fsp3) is 0.600. The second-order valence-corrected chi connectivity index (χ2v) is 5.66. The minimum absolute atomic E-state index is 0.00246. The first kappa shape index (κ1) is 14.4. The number of aryl methyl sites for hydroxylation is 1. The van der Waals surface area contributed by atoms with Gasteiger partial charge in [0, 0.05) is 31.9 Å². The lowest BCUT2D eigenvalue weighted by Crippen LogP contribution is -2.49. The van der Waals surface area contributed by atoms with Crippen LogP contribution in [-0.4, -0.2) is 77.3 Å². The third-order valence-electron chi connectivity index (χ3n) is 4.17. The van der Waals surface area contributed by atoms with Gasteiger partial charge in [-0.1, -0.05) is 6.07 Å². The second kappa shape index (κ2) is 6.09. The number of aliphatic hydroxyl groups excluding tert-OH is 1. The topological polar surface area (TPSA) is 65.9 Å². The highest BCUT2D eigenvalue weighted by Crippen LogP contribution is 2.19. The summed E-state index contributed by atoms with van der Waals surface area (Å²) in [6.45, 7) is 5.80. The number of likely N-dealkylation sites (tertiary alicyclic amines) is 1. The number of β-amino-alcohol motifs (C(OH)–C–C–N with tert-alkyl or cyclic N) is 1. The van der Waals surface area contributed by atoms with Gasteiger partial charge in [0.1, 0.15) is 5.69 Å². The molecule has 1 N–H and O–H groups in total. The van der Waals surface area contributed by atoms with Crippen molar-refractivity contribution in [1.29, 1.82) is 0 Å². The minimum Gasteiger partial charge on any atom is -0.390 e. The van der Waals surface area contributed by atoms with Gasteiger partial charge in [-0.05, 0) is 19.1 Å². The number of nitrogens with zero attached hydrogens (tertiary/aromatic N) is 3. The lowest BCUT2D eigenvalue weighted by Gasteiger charge is -2.33. The van der Waals surface area contributed by atoms with Crippen LogP contribution < -0.4 is 0 Å². The third kappa shape index (κ3) is 3.07. The minimum atomic E-state index is -0.503. The van der Waals surface area contributed by atoms with Crippen molar-refractivity contribution in [2.45, 2.75) is 19.1 Å². The maximum atomic E-state index is 12.5. The van der Waals surface area contributed by atoms with Crippen LogP contribution >= 0.6 is 0 Å². The fourth-order valence-electron chi connectivity index (χ4n) is 3.03. The van der Waals surface area contributed by atoms with Gasteiger partial charge in [0.25, 0.3) is 5.91 Å². The van der Waals surface area contributed by atoms with Crippen LogP contribution in [0.2, 0.25) is 0 Å². The highest BCUT2D eigenvalue weighted by Gasteiger charge is 2.38. The van der Waals surface area contributed by atoms with Crippen molar-refractivity contribution in [3.8, 4) is 0 Å². The van der Waals surface area contributed by atoms with Gasteiger partial charge < -0.3 is 14.7 Å². The van der Waals surface area contributed by atoms with Crippen LogP contribution in [0, 0.1) is 6.92 Å². The molecule has 2 saturated heterocycles. The van der Waals surface area contributed by atoms with E-state index in [2.05, 4.69) is 9.88 Å². The number of morpholine rings is 1. The molecule has 2 aliphatic rings. The summed E-state index contributed by atoms with van der Waals surface area (Å²) in [5.74, 6) is -0.103. The standard InChI is InChI=1S/C15H21N3O3/c1-11-3-2-4-12(16-11)15(20)18-9-13(14(19)10-18)17-5-7-21-8-6-17/h2-4,13-14,19H,5-10H2,1H3/t13-,14-/m1/s1. The van der Waals surface area contributed by atoms with Crippen molar-refractivity contribution in [3.05, 3.63) is 29.6 Å². The average molecular weight is 291 g/mol. The Hall–Kier alpha value is -1.50. The molecule has 0 bridgehead atoms. The summed E-state index contributed by atoms with van der Waals surface area (Å²) in [4.78, 5) is 20.7. The molecule has 6 nitrogen and oxygen atoms in total. The zero-order valence-corrected chi connectivity index (χ0v) is 12.2. The van der Waals surface area contributed by atoms with Gasteiger partial charge in [0.2, 0.25) is 0 Å². The zero-order valence-electron chi connectivity index (χ0n) is 12.2. The number of hydrogen-bond donors (Lipinski definition) is 1. The van der Waals surface area contributed by atoms with Gasteiger partial charge in [-0.2, -0.15) is 0 Å². The summed E-state index contributed by atoms with van der Waals surface area (Å²) in [5, 5.41) is 10.3. The lowest BCUT2D eigenvalue weighted by molar-refractivity contribution is -0.00611. The maximum Gasteiger partial charge on any atom is 0.272 e. The summed E-state index contributed by atoms with van der Waals surface area (Å²) < 4.78 is 5.34. The molecule has 114 valence electrons. The van der Waals surface area contributed by atoms with E-state index in [1.807, 2.05) is 19.1 Å². The number of aromatic nitrogens is 1. The van der Waals surface area contributed by atoms with E-state index in [0.717, 1.165) is 18.8 Å². The predicted octanol–water partition coefficient (Wildman–Crippen LogP) is -0.0925. The highest BCUT2D eigenvalue weighted by molar-refractivity contribution is 5.92. The fourth-order valence-corrected chi connectivity index (χ4v) is 3.03. The van der Waals surface area contributed by atoms with Crippen LogP contribution in [0.4, 0.5) is 0 Å². The van der Waals surface area contributed by atoms with Crippen molar-refractivity contribution in [1.82, 2.24) is 14.8 Å². The van der Waals surface area contributed by atoms with E-state index in [4.69, 9.17) is 4.74 Å². The number of amides is 1. The Labute approximate surface area is 124 Å². The first-order valence-corrected chi connectivity index (χ1v) is 7.38. The molecule has 3 heterocycles. The molecular weight excluding hydrogens is 270 g/mol. The van der Waals surface area contributed by atoms with E-state index in [-0.39, 0.29) is 11.9 Å². The van der Waals surface area contributed by atoms with Gasteiger partial charge >= 0.3 is 0 Å². The summed E-state index contributed by atoms with van der Waals surface area (Å²) in [6.07, 6.45) is -0.503. The van der Waals surface area contributed by atoms with Crippen molar-refractivity contribution >= 4 is 5.91 Å². The van der Waals surface area contributed by atoms with Gasteiger partial charge in [-0.25, -0.2) is 4.98 Å². The van der Waals surface area contributed by atoms with Crippen LogP contribution in [-0.2, 0) is 4.74 Å². The largest absolute Gasteiger partial charge is 0.390 e. The Morgan fingerprint density at radius 3 is 2.81 bits per heavy atom. The van der Waals surface area contributed by atoms with E-state index < -0.39 is 6.10 Å². The molecule has 2 fully saturated rings. The van der Waals surface area contributed by atoms with Gasteiger partial charge in [-0.15, -0.1) is 0 Å². The Morgan fingerprint density at radius 2 is 2.10 bits per heavy atom. The molecule has 0 radical (unpaired) electrons. The van der Waals surface area contributed by atoms with Crippen LogP contribution in [0.3, 0.4) is 0 Å². The Kier molecular flexibility index (Phi) is 4.19. The lowest BCUT2D eigenvalue weighted by atomic mass is 10.1. The third-order valence-corrected chi connectivity index (χ3v) is 4.17. The van der Waals surface area contributed by atoms with Gasteiger partial charge in [0.15, 0.2) is 0 Å². The van der Waals surface area contributed by atoms with Crippen molar-refractivity contribution in [2.24, 2.45) is 0 Å². The van der Waals surface area contributed by atoms with Crippen molar-refractivity contribution in [2.75, 3.05) is 39.4 Å². The number of ether oxygens (including phenoxy) is 1. The number of carbonyl (C=O) groups excluding carboxylic acids is 1. The zero-order chi connectivity index (χ0) is 14.8. The monoisotopic (exact) mass is 291 g/mol. The molecule has 0 aromatic carbocycles. The van der Waals surface area contributed by atoms with E-state index in [9.17, 15) is 9.90 Å². The predicted molar refractivity (Wildman–Crippen MR) is 77.1 cm³/mol. The van der Waals surface area contributed by atoms with Crippen LogP contribution in [0.15, 0.2) is 18.2 Å². The summed E-state index contributed by atoms with van der Waals surface area (Å²) >= 11 is 0. The Bertz CT molecular complexity index is 517.